The van der Waals surface area contributed by atoms with Gasteiger partial charge in [-0.1, -0.05) is 91.2 Å². The molecule has 2 unspecified atom stereocenters. The average molecular weight is 347 g/mol. The highest BCUT2D eigenvalue weighted by molar-refractivity contribution is 6.40. The normalized spacial score (nSPS) is 19.9. The van der Waals surface area contributed by atoms with E-state index >= 15 is 0 Å². The van der Waals surface area contributed by atoms with E-state index in [4.69, 9.17) is 15.7 Å². The van der Waals surface area contributed by atoms with Gasteiger partial charge in [0.05, 0.1) is 21.4 Å². The van der Waals surface area contributed by atoms with E-state index in [0.29, 0.717) is 11.8 Å². The van der Waals surface area contributed by atoms with E-state index in [-0.39, 0.29) is 0 Å². The second-order valence-corrected chi connectivity index (χ2v) is 7.93. The van der Waals surface area contributed by atoms with Gasteiger partial charge in [-0.05, 0) is 29.9 Å². The molecule has 0 bridgehead atoms. The van der Waals surface area contributed by atoms with Gasteiger partial charge in [-0.15, -0.1) is 0 Å². The Morgan fingerprint density at radius 1 is 0.852 bits per heavy atom. The largest absolute Gasteiger partial charge is 0.256 e. The molecule has 3 heteroatoms. The molecule has 0 amide bonds. The van der Waals surface area contributed by atoms with Gasteiger partial charge in [0.2, 0.25) is 0 Å². The van der Waals surface area contributed by atoms with Crippen LogP contribution in [0.25, 0.3) is 22.4 Å². The molecule has 3 aromatic rings. The zero-order chi connectivity index (χ0) is 18.9. The predicted octanol–water partition coefficient (Wildman–Crippen LogP) is 5.34. The summed E-state index contributed by atoms with van der Waals surface area (Å²) in [5, 5.41) is -0.780. The maximum absolute atomic E-state index is 6.61. The number of pyridine rings is 1. The van der Waals surface area contributed by atoms with E-state index in [9.17, 15) is 0 Å². The molecular weight excluding hydrogens is 324 g/mol. The SMILES string of the molecule is [B]C([B])(c1cccc(-c2ccc(-c3ccccc3)nc2)c1)C1CCC(C)C1. The Bertz CT molecular complexity index is 903. The van der Waals surface area contributed by atoms with Crippen molar-refractivity contribution in [1.82, 2.24) is 4.98 Å². The number of rotatable bonds is 4. The molecule has 0 N–H and O–H groups in total. The standard InChI is InChI=1S/C24H23B2N/c1-17-10-12-22(14-17)24(25,26)21-9-5-8-19(15-21)20-11-13-23(27-16-20)18-6-3-2-4-7-18/h2-9,11,13,15-17,22H,10,12,14H2,1H3. The molecule has 1 aromatic heterocycles. The molecule has 1 fully saturated rings. The van der Waals surface area contributed by atoms with Crippen LogP contribution in [0.15, 0.2) is 72.9 Å². The number of hydrogen-bond acceptors (Lipinski definition) is 1. The van der Waals surface area contributed by atoms with Crippen LogP contribution in [0.5, 0.6) is 0 Å². The molecule has 0 saturated heterocycles. The molecule has 2 aromatic carbocycles. The molecule has 1 nitrogen and oxygen atoms in total. The van der Waals surface area contributed by atoms with Gasteiger partial charge in [0.15, 0.2) is 0 Å². The van der Waals surface area contributed by atoms with Crippen molar-refractivity contribution in [3.8, 4) is 22.4 Å². The highest BCUT2D eigenvalue weighted by atomic mass is 14.7. The Morgan fingerprint density at radius 2 is 1.63 bits per heavy atom. The monoisotopic (exact) mass is 347 g/mol. The molecule has 4 rings (SSSR count). The lowest BCUT2D eigenvalue weighted by atomic mass is 9.45. The summed E-state index contributed by atoms with van der Waals surface area (Å²) < 4.78 is 0. The first-order valence-electron chi connectivity index (χ1n) is 9.74. The minimum Gasteiger partial charge on any atom is -0.256 e. The Hall–Kier alpha value is -2.28. The summed E-state index contributed by atoms with van der Waals surface area (Å²) >= 11 is 0. The Morgan fingerprint density at radius 3 is 2.30 bits per heavy atom. The third-order valence-electron chi connectivity index (χ3n) is 5.90. The lowest BCUT2D eigenvalue weighted by molar-refractivity contribution is 0.465. The molecule has 0 aliphatic heterocycles. The second-order valence-electron chi connectivity index (χ2n) is 7.93. The molecule has 27 heavy (non-hydrogen) atoms. The molecule has 1 aliphatic rings. The smallest absolute Gasteiger partial charge is 0.0702 e. The Kier molecular flexibility index (Phi) is 4.95. The molecule has 1 heterocycles. The fourth-order valence-corrected chi connectivity index (χ4v) is 4.19. The van der Waals surface area contributed by atoms with Crippen LogP contribution in [-0.2, 0) is 5.21 Å². The molecule has 1 saturated carbocycles. The van der Waals surface area contributed by atoms with E-state index < -0.39 is 5.21 Å². The van der Waals surface area contributed by atoms with Gasteiger partial charge in [-0.25, -0.2) is 0 Å². The summed E-state index contributed by atoms with van der Waals surface area (Å²) in [7, 11) is 13.2. The first-order chi connectivity index (χ1) is 13.0. The van der Waals surface area contributed by atoms with Crippen molar-refractivity contribution in [2.75, 3.05) is 0 Å². The third-order valence-corrected chi connectivity index (χ3v) is 5.90. The second kappa shape index (κ2) is 7.38. The summed E-state index contributed by atoms with van der Waals surface area (Å²) in [4.78, 5) is 4.64. The minimum atomic E-state index is -0.780. The molecule has 2 atom stereocenters. The van der Waals surface area contributed by atoms with Crippen LogP contribution in [0, 0.1) is 11.8 Å². The van der Waals surface area contributed by atoms with Crippen LogP contribution in [0.3, 0.4) is 0 Å². The molecule has 1 aliphatic carbocycles. The van der Waals surface area contributed by atoms with Crippen LogP contribution in [0.1, 0.15) is 31.7 Å². The van der Waals surface area contributed by atoms with Crippen molar-refractivity contribution in [2.45, 2.75) is 31.4 Å². The van der Waals surface area contributed by atoms with Crippen LogP contribution < -0.4 is 0 Å². The van der Waals surface area contributed by atoms with Crippen LogP contribution in [0.2, 0.25) is 0 Å². The number of nitrogens with zero attached hydrogens (tertiary/aromatic N) is 1. The van der Waals surface area contributed by atoms with Gasteiger partial charge >= 0.3 is 0 Å². The van der Waals surface area contributed by atoms with E-state index in [2.05, 4.69) is 54.4 Å². The molecular formula is C24H23B2N. The van der Waals surface area contributed by atoms with Crippen LogP contribution in [-0.4, -0.2) is 20.7 Å². The zero-order valence-electron chi connectivity index (χ0n) is 15.8. The van der Waals surface area contributed by atoms with Gasteiger partial charge in [-0.3, -0.25) is 4.98 Å². The Balaban J connectivity index is 1.61. The summed E-state index contributed by atoms with van der Waals surface area (Å²) in [6.07, 6.45) is 5.34. The van der Waals surface area contributed by atoms with Gasteiger partial charge in [0.1, 0.15) is 0 Å². The number of hydrogen-bond donors (Lipinski definition) is 0. The van der Waals surface area contributed by atoms with Gasteiger partial charge in [0.25, 0.3) is 0 Å². The lowest BCUT2D eigenvalue weighted by Crippen LogP contribution is -2.35. The number of aromatic nitrogens is 1. The van der Waals surface area contributed by atoms with Crippen LogP contribution in [0.4, 0.5) is 0 Å². The van der Waals surface area contributed by atoms with E-state index in [1.807, 2.05) is 30.5 Å². The van der Waals surface area contributed by atoms with Crippen molar-refractivity contribution in [2.24, 2.45) is 11.8 Å². The molecule has 130 valence electrons. The predicted molar refractivity (Wildman–Crippen MR) is 115 cm³/mol. The van der Waals surface area contributed by atoms with Gasteiger partial charge in [0, 0.05) is 17.3 Å². The van der Waals surface area contributed by atoms with Gasteiger partial charge < -0.3 is 0 Å². The minimum absolute atomic E-state index is 0.335. The highest BCUT2D eigenvalue weighted by Gasteiger charge is 2.34. The number of benzene rings is 2. The third kappa shape index (κ3) is 3.74. The fraction of sp³-hybridized carbons (Fsp3) is 0.292. The Labute approximate surface area is 165 Å². The van der Waals surface area contributed by atoms with Crippen molar-refractivity contribution >= 4 is 15.7 Å². The summed E-state index contributed by atoms with van der Waals surface area (Å²) in [6, 6.07) is 22.7. The van der Waals surface area contributed by atoms with Crippen LogP contribution >= 0.6 is 0 Å². The van der Waals surface area contributed by atoms with Crippen molar-refractivity contribution in [3.63, 3.8) is 0 Å². The first-order valence-corrected chi connectivity index (χ1v) is 9.74. The van der Waals surface area contributed by atoms with Gasteiger partial charge in [-0.2, -0.15) is 0 Å². The molecule has 4 radical (unpaired) electrons. The molecule has 0 spiro atoms. The maximum atomic E-state index is 6.61. The summed E-state index contributed by atoms with van der Waals surface area (Å²) in [5.74, 6) is 1.04. The summed E-state index contributed by atoms with van der Waals surface area (Å²) in [5.41, 5.74) is 5.28. The quantitative estimate of drug-likeness (QED) is 0.581. The van der Waals surface area contributed by atoms with Crippen molar-refractivity contribution in [1.29, 1.82) is 0 Å². The fourth-order valence-electron chi connectivity index (χ4n) is 4.19. The maximum Gasteiger partial charge on any atom is 0.0702 e. The van der Waals surface area contributed by atoms with E-state index in [0.717, 1.165) is 40.8 Å². The topological polar surface area (TPSA) is 12.9 Å². The zero-order valence-corrected chi connectivity index (χ0v) is 15.8. The lowest BCUT2D eigenvalue weighted by Gasteiger charge is -2.34. The summed E-state index contributed by atoms with van der Waals surface area (Å²) in [6.45, 7) is 2.28. The van der Waals surface area contributed by atoms with Crippen molar-refractivity contribution in [3.05, 3.63) is 78.5 Å². The average Bonchev–Trinajstić information content (AvgIpc) is 3.16. The van der Waals surface area contributed by atoms with Crippen molar-refractivity contribution < 1.29 is 0 Å². The first kappa shape index (κ1) is 18.1. The van der Waals surface area contributed by atoms with E-state index in [1.165, 1.54) is 6.42 Å². The highest BCUT2D eigenvalue weighted by Crippen LogP contribution is 2.41. The van der Waals surface area contributed by atoms with E-state index in [1.54, 1.807) is 0 Å².